The Labute approximate surface area is 90.5 Å². The number of aldehydes is 1. The highest BCUT2D eigenvalue weighted by atomic mass is 16.5. The van der Waals surface area contributed by atoms with Gasteiger partial charge >= 0.3 is 5.97 Å². The first-order chi connectivity index (χ1) is 7.15. The van der Waals surface area contributed by atoms with Crippen molar-refractivity contribution in [2.75, 3.05) is 6.61 Å². The normalized spacial score (nSPS) is 29.9. The molecule has 1 rings (SSSR count). The summed E-state index contributed by atoms with van der Waals surface area (Å²) in [6.45, 7) is 3.87. The van der Waals surface area contributed by atoms with Crippen molar-refractivity contribution in [3.63, 3.8) is 0 Å². The lowest BCUT2D eigenvalue weighted by atomic mass is 9.76. The van der Waals surface area contributed by atoms with Crippen LogP contribution in [0.15, 0.2) is 12.2 Å². The van der Waals surface area contributed by atoms with Gasteiger partial charge in [-0.3, -0.25) is 4.79 Å². The van der Waals surface area contributed by atoms with Gasteiger partial charge in [0.1, 0.15) is 6.29 Å². The van der Waals surface area contributed by atoms with E-state index in [2.05, 4.69) is 12.2 Å². The van der Waals surface area contributed by atoms with E-state index in [4.69, 9.17) is 4.74 Å². The van der Waals surface area contributed by atoms with E-state index >= 15 is 0 Å². The fourth-order valence-electron chi connectivity index (χ4n) is 2.08. The lowest BCUT2D eigenvalue weighted by Crippen LogP contribution is -2.26. The summed E-state index contributed by atoms with van der Waals surface area (Å²) in [7, 11) is 0. The molecule has 0 bridgehead atoms. The maximum atomic E-state index is 10.9. The fraction of sp³-hybridized carbons (Fsp3) is 0.667. The molecule has 3 heteroatoms. The minimum atomic E-state index is -0.253. The lowest BCUT2D eigenvalue weighted by Gasteiger charge is -2.28. The Morgan fingerprint density at radius 2 is 2.33 bits per heavy atom. The van der Waals surface area contributed by atoms with Crippen LogP contribution in [0.5, 0.6) is 0 Å². The van der Waals surface area contributed by atoms with Crippen molar-refractivity contribution in [2.24, 2.45) is 17.8 Å². The molecule has 0 fully saturated rings. The Kier molecular flexibility index (Phi) is 4.53. The molecule has 0 saturated carbocycles. The monoisotopic (exact) mass is 210 g/mol. The van der Waals surface area contributed by atoms with Crippen molar-refractivity contribution in [3.8, 4) is 0 Å². The summed E-state index contributed by atoms with van der Waals surface area (Å²) in [5.41, 5.74) is 0. The molecule has 0 heterocycles. The van der Waals surface area contributed by atoms with E-state index in [1.807, 2.05) is 6.92 Å². The molecule has 0 aromatic rings. The van der Waals surface area contributed by atoms with Gasteiger partial charge in [0, 0.05) is 12.8 Å². The van der Waals surface area contributed by atoms with Crippen LogP contribution in [-0.2, 0) is 14.3 Å². The molecule has 3 nitrogen and oxygen atoms in total. The van der Waals surface area contributed by atoms with Crippen LogP contribution in [0.25, 0.3) is 0 Å². The number of hydrogen-bond donors (Lipinski definition) is 0. The zero-order valence-corrected chi connectivity index (χ0v) is 9.31. The van der Waals surface area contributed by atoms with Gasteiger partial charge in [-0.2, -0.15) is 0 Å². The third-order valence-electron chi connectivity index (χ3n) is 2.98. The summed E-state index contributed by atoms with van der Waals surface area (Å²) < 4.78 is 4.89. The standard InChI is InChI=1S/C12H18O3/c1-9-4-3-5-11(12(9)8-13)6-7-15-10(2)14/h3-4,8-9,11-12H,5-7H2,1-2H3/t9-,11-,12-/m1/s1. The van der Waals surface area contributed by atoms with Crippen LogP contribution in [0.1, 0.15) is 26.7 Å². The van der Waals surface area contributed by atoms with Gasteiger partial charge in [0.2, 0.25) is 0 Å². The second-order valence-electron chi connectivity index (χ2n) is 4.13. The molecule has 0 amide bonds. The van der Waals surface area contributed by atoms with Gasteiger partial charge in [-0.25, -0.2) is 0 Å². The Morgan fingerprint density at radius 3 is 2.93 bits per heavy atom. The zero-order valence-electron chi connectivity index (χ0n) is 9.31. The molecule has 15 heavy (non-hydrogen) atoms. The van der Waals surface area contributed by atoms with E-state index in [1.165, 1.54) is 6.92 Å². The molecule has 0 unspecified atom stereocenters. The van der Waals surface area contributed by atoms with Gasteiger partial charge < -0.3 is 9.53 Å². The van der Waals surface area contributed by atoms with Crippen LogP contribution < -0.4 is 0 Å². The largest absolute Gasteiger partial charge is 0.466 e. The van der Waals surface area contributed by atoms with Crippen molar-refractivity contribution < 1.29 is 14.3 Å². The molecule has 0 spiro atoms. The molecule has 1 aliphatic carbocycles. The predicted octanol–water partition coefficient (Wildman–Crippen LogP) is 1.97. The van der Waals surface area contributed by atoms with Crippen LogP contribution in [0.4, 0.5) is 0 Å². The van der Waals surface area contributed by atoms with E-state index in [9.17, 15) is 9.59 Å². The van der Waals surface area contributed by atoms with Gasteiger partial charge in [0.15, 0.2) is 0 Å². The van der Waals surface area contributed by atoms with Crippen LogP contribution >= 0.6 is 0 Å². The third-order valence-corrected chi connectivity index (χ3v) is 2.98. The van der Waals surface area contributed by atoms with Crippen molar-refractivity contribution in [1.29, 1.82) is 0 Å². The molecule has 0 saturated heterocycles. The van der Waals surface area contributed by atoms with Crippen LogP contribution in [0.2, 0.25) is 0 Å². The van der Waals surface area contributed by atoms with E-state index in [0.29, 0.717) is 18.4 Å². The number of hydrogen-bond acceptors (Lipinski definition) is 3. The molecule has 0 aliphatic heterocycles. The highest BCUT2D eigenvalue weighted by Gasteiger charge is 2.27. The number of ether oxygens (including phenoxy) is 1. The average molecular weight is 210 g/mol. The van der Waals surface area contributed by atoms with Crippen molar-refractivity contribution >= 4 is 12.3 Å². The number of carbonyl (C=O) groups is 2. The van der Waals surface area contributed by atoms with Gasteiger partial charge in [-0.1, -0.05) is 19.1 Å². The molecular formula is C12H18O3. The molecule has 0 N–H and O–H groups in total. The van der Waals surface area contributed by atoms with Crippen molar-refractivity contribution in [3.05, 3.63) is 12.2 Å². The smallest absolute Gasteiger partial charge is 0.302 e. The first-order valence-corrected chi connectivity index (χ1v) is 5.40. The summed E-state index contributed by atoms with van der Waals surface area (Å²) in [6.07, 6.45) is 6.92. The minimum absolute atomic E-state index is 0.0746. The molecule has 0 radical (unpaired) electrons. The van der Waals surface area contributed by atoms with Gasteiger partial charge in [-0.15, -0.1) is 0 Å². The molecule has 1 aliphatic rings. The van der Waals surface area contributed by atoms with Crippen LogP contribution in [-0.4, -0.2) is 18.9 Å². The van der Waals surface area contributed by atoms with E-state index in [-0.39, 0.29) is 11.9 Å². The Balaban J connectivity index is 2.42. The summed E-state index contributed by atoms with van der Waals surface area (Å²) in [4.78, 5) is 21.5. The number of allylic oxidation sites excluding steroid dienone is 2. The summed E-state index contributed by atoms with van der Waals surface area (Å²) in [5.74, 6) is 0.447. The predicted molar refractivity (Wildman–Crippen MR) is 57.2 cm³/mol. The quantitative estimate of drug-likeness (QED) is 0.405. The Morgan fingerprint density at radius 1 is 1.60 bits per heavy atom. The topological polar surface area (TPSA) is 43.4 Å². The first kappa shape index (κ1) is 12.0. The first-order valence-electron chi connectivity index (χ1n) is 5.40. The SMILES string of the molecule is CC(=O)OCC[C@H]1CC=C[C@@H](C)[C@H]1C=O. The van der Waals surface area contributed by atoms with E-state index in [1.54, 1.807) is 0 Å². The second kappa shape index (κ2) is 5.69. The molecule has 84 valence electrons. The number of esters is 1. The summed E-state index contributed by atoms with van der Waals surface area (Å²) in [5, 5.41) is 0. The maximum absolute atomic E-state index is 10.9. The second-order valence-corrected chi connectivity index (χ2v) is 4.13. The maximum Gasteiger partial charge on any atom is 0.302 e. The molecule has 3 atom stereocenters. The van der Waals surface area contributed by atoms with Gasteiger partial charge in [0.25, 0.3) is 0 Å². The van der Waals surface area contributed by atoms with Crippen LogP contribution in [0, 0.1) is 17.8 Å². The van der Waals surface area contributed by atoms with Crippen molar-refractivity contribution in [2.45, 2.75) is 26.7 Å². The van der Waals surface area contributed by atoms with E-state index in [0.717, 1.165) is 19.1 Å². The zero-order chi connectivity index (χ0) is 11.3. The fourth-order valence-corrected chi connectivity index (χ4v) is 2.08. The minimum Gasteiger partial charge on any atom is -0.466 e. The lowest BCUT2D eigenvalue weighted by molar-refractivity contribution is -0.141. The number of rotatable bonds is 4. The van der Waals surface area contributed by atoms with Gasteiger partial charge in [-0.05, 0) is 24.7 Å². The molecule has 0 aromatic carbocycles. The third kappa shape index (κ3) is 3.50. The summed E-state index contributed by atoms with van der Waals surface area (Å²) in [6, 6.07) is 0. The highest BCUT2D eigenvalue weighted by Crippen LogP contribution is 2.30. The van der Waals surface area contributed by atoms with Crippen molar-refractivity contribution in [1.82, 2.24) is 0 Å². The summed E-state index contributed by atoms with van der Waals surface area (Å²) >= 11 is 0. The van der Waals surface area contributed by atoms with Gasteiger partial charge in [0.05, 0.1) is 6.61 Å². The van der Waals surface area contributed by atoms with E-state index < -0.39 is 0 Å². The Hall–Kier alpha value is -1.12. The Bertz CT molecular complexity index is 258. The average Bonchev–Trinajstić information content (AvgIpc) is 2.17. The number of carbonyl (C=O) groups excluding carboxylic acids is 2. The highest BCUT2D eigenvalue weighted by molar-refractivity contribution is 5.65. The molecular weight excluding hydrogens is 192 g/mol. The van der Waals surface area contributed by atoms with Crippen LogP contribution in [0.3, 0.4) is 0 Å². The molecule has 0 aromatic heterocycles.